The fourth-order valence-electron chi connectivity index (χ4n) is 5.85. The van der Waals surface area contributed by atoms with E-state index in [1.54, 1.807) is 0 Å². The maximum atomic E-state index is 13.3. The van der Waals surface area contributed by atoms with E-state index >= 15 is 0 Å². The lowest BCUT2D eigenvalue weighted by atomic mass is 9.96. The summed E-state index contributed by atoms with van der Waals surface area (Å²) in [6, 6.07) is 18.0. The van der Waals surface area contributed by atoms with Gasteiger partial charge in [-0.2, -0.15) is 0 Å². The molecule has 14 nitrogen and oxygen atoms in total. The lowest BCUT2D eigenvalue weighted by Gasteiger charge is -2.47. The number of rotatable bonds is 15. The molecule has 2 aromatic carbocycles. The van der Waals surface area contributed by atoms with Crippen LogP contribution in [0.15, 0.2) is 65.8 Å². The van der Waals surface area contributed by atoms with Gasteiger partial charge in [-0.3, -0.25) is 4.79 Å². The second-order valence-corrected chi connectivity index (χ2v) is 11.4. The van der Waals surface area contributed by atoms with Crippen LogP contribution in [0.2, 0.25) is 0 Å². The highest BCUT2D eigenvalue weighted by Gasteiger charge is 2.57. The van der Waals surface area contributed by atoms with Gasteiger partial charge in [0.2, 0.25) is 0 Å². The molecule has 0 aliphatic carbocycles. The third kappa shape index (κ3) is 8.66. The molecule has 0 N–H and O–H groups in total. The van der Waals surface area contributed by atoms with Crippen molar-refractivity contribution in [2.24, 2.45) is 5.11 Å². The fraction of sp³-hybridized carbons (Fsp3) is 0.576. The van der Waals surface area contributed by atoms with Gasteiger partial charge in [0.25, 0.3) is 0 Å². The Labute approximate surface area is 273 Å². The molecule has 0 aromatic heterocycles. The Bertz CT molecular complexity index is 1350. The zero-order valence-corrected chi connectivity index (χ0v) is 26.6. The molecule has 47 heavy (non-hydrogen) atoms. The number of nitrogens with zero attached hydrogens (tertiary/aromatic N) is 3. The van der Waals surface area contributed by atoms with Gasteiger partial charge in [0, 0.05) is 18.4 Å². The molecule has 0 saturated carbocycles. The number of fused-ring (bicyclic) bond motifs is 2. The van der Waals surface area contributed by atoms with Gasteiger partial charge in [0.15, 0.2) is 18.7 Å². The summed E-state index contributed by atoms with van der Waals surface area (Å²) in [5, 5.41) is 3.81. The minimum absolute atomic E-state index is 0.0733. The van der Waals surface area contributed by atoms with Crippen LogP contribution < -0.4 is 0 Å². The standard InChI is InChI=1S/C33H41N3O11/c1-4-5-16-40-27-28(41-17-21-12-8-6-9-13-21)30(42-18-22-14-10-7-11-15-22)33(47-29(27)31(38)39-3)46-25-23-19-43-32(45-23)24(35-36-34)26(25)44-20(2)37/h6-15,23-30,32-33H,4-5,16-19H2,1-3H3/t23?,24?,25-,26?,27+,28?,29?,30?,32-,33-/m1/s1. The number of hydrogen-bond donors (Lipinski definition) is 0. The van der Waals surface area contributed by atoms with Crippen molar-refractivity contribution in [1.82, 2.24) is 0 Å². The van der Waals surface area contributed by atoms with E-state index in [4.69, 9.17) is 42.6 Å². The first-order valence-electron chi connectivity index (χ1n) is 15.7. The molecule has 3 fully saturated rings. The molecule has 6 unspecified atom stereocenters. The Morgan fingerprint density at radius 2 is 1.55 bits per heavy atom. The van der Waals surface area contributed by atoms with Crippen molar-refractivity contribution in [2.75, 3.05) is 20.3 Å². The molecule has 5 rings (SSSR count). The Hall–Kier alpha value is -3.59. The number of unbranched alkanes of at least 4 members (excludes halogenated alkanes) is 1. The molecule has 0 amide bonds. The van der Waals surface area contributed by atoms with Gasteiger partial charge in [-0.1, -0.05) is 79.1 Å². The Morgan fingerprint density at radius 1 is 0.894 bits per heavy atom. The molecule has 3 heterocycles. The van der Waals surface area contributed by atoms with Crippen LogP contribution in [0.4, 0.5) is 0 Å². The lowest BCUT2D eigenvalue weighted by molar-refractivity contribution is -0.342. The second kappa shape index (κ2) is 17.0. The summed E-state index contributed by atoms with van der Waals surface area (Å²) in [6.07, 6.45) is -7.52. The van der Waals surface area contributed by atoms with Crippen molar-refractivity contribution in [2.45, 2.75) is 101 Å². The first-order chi connectivity index (χ1) is 22.9. The average molecular weight is 656 g/mol. The molecule has 3 aliphatic heterocycles. The van der Waals surface area contributed by atoms with Gasteiger partial charge in [-0.15, -0.1) is 0 Å². The van der Waals surface area contributed by atoms with Crippen molar-refractivity contribution < 1.29 is 52.2 Å². The zero-order chi connectivity index (χ0) is 33.2. The summed E-state index contributed by atoms with van der Waals surface area (Å²) < 4.78 is 54.8. The normalized spacial score (nSPS) is 31.5. The fourth-order valence-corrected chi connectivity index (χ4v) is 5.85. The van der Waals surface area contributed by atoms with Crippen LogP contribution in [-0.4, -0.2) is 93.6 Å². The quantitative estimate of drug-likeness (QED) is 0.0895. The second-order valence-electron chi connectivity index (χ2n) is 11.4. The third-order valence-electron chi connectivity index (χ3n) is 8.12. The van der Waals surface area contributed by atoms with Crippen molar-refractivity contribution in [3.8, 4) is 0 Å². The number of esters is 2. The van der Waals surface area contributed by atoms with Crippen LogP contribution in [0.3, 0.4) is 0 Å². The molecule has 3 saturated heterocycles. The Balaban J connectivity index is 1.52. The van der Waals surface area contributed by atoms with Crippen LogP contribution in [0.5, 0.6) is 0 Å². The highest BCUT2D eigenvalue weighted by atomic mass is 16.8. The van der Waals surface area contributed by atoms with E-state index in [2.05, 4.69) is 10.0 Å². The van der Waals surface area contributed by atoms with Crippen molar-refractivity contribution >= 4 is 11.9 Å². The molecule has 0 spiro atoms. The topological polar surface area (TPSA) is 166 Å². The summed E-state index contributed by atoms with van der Waals surface area (Å²) in [7, 11) is 1.26. The Morgan fingerprint density at radius 3 is 2.15 bits per heavy atom. The zero-order valence-electron chi connectivity index (χ0n) is 26.6. The monoisotopic (exact) mass is 655 g/mol. The van der Waals surface area contributed by atoms with Crippen LogP contribution in [-0.2, 0) is 65.4 Å². The van der Waals surface area contributed by atoms with Crippen LogP contribution >= 0.6 is 0 Å². The maximum absolute atomic E-state index is 13.3. The maximum Gasteiger partial charge on any atom is 0.337 e. The smallest absolute Gasteiger partial charge is 0.337 e. The molecule has 3 aliphatic rings. The van der Waals surface area contributed by atoms with Gasteiger partial charge < -0.3 is 42.6 Å². The summed E-state index contributed by atoms with van der Waals surface area (Å²) in [6.45, 7) is 4.00. The van der Waals surface area contributed by atoms with Gasteiger partial charge in [-0.05, 0) is 23.1 Å². The van der Waals surface area contributed by atoms with E-state index in [0.29, 0.717) is 6.61 Å². The number of benzene rings is 2. The van der Waals surface area contributed by atoms with Crippen molar-refractivity contribution in [1.29, 1.82) is 0 Å². The van der Waals surface area contributed by atoms with Crippen molar-refractivity contribution in [3.05, 3.63) is 82.2 Å². The van der Waals surface area contributed by atoms with E-state index in [0.717, 1.165) is 24.0 Å². The molecule has 10 atom stereocenters. The predicted octanol–water partition coefficient (Wildman–Crippen LogP) is 3.99. The van der Waals surface area contributed by atoms with Crippen LogP contribution in [0, 0.1) is 0 Å². The number of hydrogen-bond acceptors (Lipinski definition) is 12. The first-order valence-corrected chi connectivity index (χ1v) is 15.7. The van der Waals surface area contributed by atoms with Crippen LogP contribution in [0.25, 0.3) is 10.4 Å². The van der Waals surface area contributed by atoms with E-state index in [-0.39, 0.29) is 19.8 Å². The summed E-state index contributed by atoms with van der Waals surface area (Å²) >= 11 is 0. The van der Waals surface area contributed by atoms with Gasteiger partial charge in [0.05, 0.1) is 26.9 Å². The number of azide groups is 1. The lowest BCUT2D eigenvalue weighted by Crippen LogP contribution is -2.65. The predicted molar refractivity (Wildman–Crippen MR) is 163 cm³/mol. The summed E-state index contributed by atoms with van der Waals surface area (Å²) in [5.41, 5.74) is 11.1. The largest absolute Gasteiger partial charge is 0.467 e. The number of carbonyl (C=O) groups is 2. The van der Waals surface area contributed by atoms with Crippen LogP contribution in [0.1, 0.15) is 37.8 Å². The molecule has 254 valence electrons. The number of ether oxygens (including phenoxy) is 9. The van der Waals surface area contributed by atoms with E-state index in [1.807, 2.05) is 67.6 Å². The highest BCUT2D eigenvalue weighted by Crippen LogP contribution is 2.38. The van der Waals surface area contributed by atoms with Gasteiger partial charge in [-0.25, -0.2) is 4.79 Å². The molecule has 2 aromatic rings. The molecular formula is C33H41N3O11. The van der Waals surface area contributed by atoms with Crippen molar-refractivity contribution in [3.63, 3.8) is 0 Å². The highest BCUT2D eigenvalue weighted by molar-refractivity contribution is 5.75. The first kappa shape index (κ1) is 34.7. The minimum Gasteiger partial charge on any atom is -0.467 e. The van der Waals surface area contributed by atoms with Gasteiger partial charge >= 0.3 is 11.9 Å². The SMILES string of the molecule is CCCCO[C@@H]1C(C(=O)OC)O[C@@H](O[C@@H]2C3CO[C@H](O3)C(N=[N+]=[N-])C2OC(C)=O)C(OCc2ccccc2)C1OCc1ccccc1. The number of methoxy groups -OCH3 is 1. The molecule has 14 heteroatoms. The van der Waals surface area contributed by atoms with E-state index in [9.17, 15) is 15.1 Å². The van der Waals surface area contributed by atoms with E-state index in [1.165, 1.54) is 14.0 Å². The molecular weight excluding hydrogens is 614 g/mol. The minimum atomic E-state index is -1.29. The summed E-state index contributed by atoms with van der Waals surface area (Å²) in [4.78, 5) is 28.4. The average Bonchev–Trinajstić information content (AvgIpc) is 3.53. The van der Waals surface area contributed by atoms with E-state index < -0.39 is 73.3 Å². The third-order valence-corrected chi connectivity index (χ3v) is 8.12. The summed E-state index contributed by atoms with van der Waals surface area (Å²) in [5.74, 6) is -1.31. The molecule has 2 bridgehead atoms. The molecule has 0 radical (unpaired) electrons. The number of carbonyl (C=O) groups excluding carboxylic acids is 2. The Kier molecular flexibility index (Phi) is 12.6. The van der Waals surface area contributed by atoms with Gasteiger partial charge in [0.1, 0.15) is 42.7 Å².